The second kappa shape index (κ2) is 10.1. The van der Waals surface area contributed by atoms with E-state index >= 15 is 0 Å². The molecule has 2 heterocycles. The normalized spacial score (nSPS) is 16.8. The first-order valence-corrected chi connectivity index (χ1v) is 12.0. The maximum Gasteiger partial charge on any atom is 0.416 e. The summed E-state index contributed by atoms with van der Waals surface area (Å²) in [6.07, 6.45) is -4.16. The lowest BCUT2D eigenvalue weighted by molar-refractivity contribution is -0.138. The fraction of sp³-hybridized carbons (Fsp3) is 0.167. The molecular formula is C30H20F6O3. The van der Waals surface area contributed by atoms with Gasteiger partial charge in [0.25, 0.3) is 0 Å². The van der Waals surface area contributed by atoms with Gasteiger partial charge in [-0.2, -0.15) is 26.3 Å². The van der Waals surface area contributed by atoms with Gasteiger partial charge in [-0.3, -0.25) is 4.79 Å². The minimum atomic E-state index is -4.48. The van der Waals surface area contributed by atoms with Crippen molar-refractivity contribution in [2.24, 2.45) is 0 Å². The fourth-order valence-corrected chi connectivity index (χ4v) is 4.39. The lowest BCUT2D eigenvalue weighted by Crippen LogP contribution is -2.12. The summed E-state index contributed by atoms with van der Waals surface area (Å²) in [4.78, 5) is 13.1. The molecule has 0 aliphatic heterocycles. The van der Waals surface area contributed by atoms with Crippen LogP contribution < -0.4 is 0 Å². The monoisotopic (exact) mass is 542 g/mol. The summed E-state index contributed by atoms with van der Waals surface area (Å²) in [5.74, 6) is 0.915. The van der Waals surface area contributed by atoms with Crippen LogP contribution in [0.4, 0.5) is 26.3 Å². The van der Waals surface area contributed by atoms with Gasteiger partial charge in [-0.05, 0) is 79.9 Å². The number of carbonyl (C=O) groups is 1. The van der Waals surface area contributed by atoms with E-state index in [1.807, 2.05) is 0 Å². The van der Waals surface area contributed by atoms with Gasteiger partial charge in [-0.1, -0.05) is 24.3 Å². The third kappa shape index (κ3) is 5.92. The largest absolute Gasteiger partial charge is 0.457 e. The number of benzene rings is 2. The van der Waals surface area contributed by atoms with Crippen molar-refractivity contribution in [2.75, 3.05) is 0 Å². The number of alkyl halides is 6. The number of hydrogen-bond donors (Lipinski definition) is 0. The van der Waals surface area contributed by atoms with Gasteiger partial charge in [0.15, 0.2) is 5.78 Å². The molecule has 0 bridgehead atoms. The highest BCUT2D eigenvalue weighted by Gasteiger charge is 2.31. The molecule has 3 nitrogen and oxygen atoms in total. The molecule has 0 N–H and O–H groups in total. The minimum absolute atomic E-state index is 0.227. The Balaban J connectivity index is 1.35. The van der Waals surface area contributed by atoms with E-state index in [1.54, 1.807) is 36.4 Å². The average molecular weight is 542 g/mol. The highest BCUT2D eigenvalue weighted by Crippen LogP contribution is 2.35. The van der Waals surface area contributed by atoms with Crippen LogP contribution in [-0.4, -0.2) is 5.78 Å². The van der Waals surface area contributed by atoms with Gasteiger partial charge >= 0.3 is 12.4 Å². The van der Waals surface area contributed by atoms with E-state index in [4.69, 9.17) is 8.83 Å². The Hall–Kier alpha value is -4.27. The van der Waals surface area contributed by atoms with Crippen molar-refractivity contribution in [1.82, 2.24) is 0 Å². The minimum Gasteiger partial charge on any atom is -0.457 e. The first-order chi connectivity index (χ1) is 18.5. The molecule has 0 radical (unpaired) electrons. The molecule has 1 aliphatic rings. The molecule has 0 spiro atoms. The molecule has 5 rings (SSSR count). The van der Waals surface area contributed by atoms with Gasteiger partial charge in [0, 0.05) is 22.3 Å². The zero-order chi connectivity index (χ0) is 27.8. The first-order valence-electron chi connectivity index (χ1n) is 12.0. The van der Waals surface area contributed by atoms with Crippen molar-refractivity contribution in [3.63, 3.8) is 0 Å². The molecule has 0 unspecified atom stereocenters. The van der Waals surface area contributed by atoms with Crippen molar-refractivity contribution in [3.8, 4) is 22.6 Å². The van der Waals surface area contributed by atoms with Gasteiger partial charge in [-0.25, -0.2) is 0 Å². The summed E-state index contributed by atoms with van der Waals surface area (Å²) in [6.45, 7) is 0. The van der Waals surface area contributed by atoms with Crippen LogP contribution >= 0.6 is 0 Å². The number of rotatable bonds is 4. The fourth-order valence-electron chi connectivity index (χ4n) is 4.39. The molecule has 2 aromatic heterocycles. The zero-order valence-corrected chi connectivity index (χ0v) is 20.2. The lowest BCUT2D eigenvalue weighted by atomic mass is 9.88. The molecule has 1 fully saturated rings. The van der Waals surface area contributed by atoms with Crippen LogP contribution in [0.1, 0.15) is 41.9 Å². The van der Waals surface area contributed by atoms with E-state index < -0.39 is 23.5 Å². The summed E-state index contributed by atoms with van der Waals surface area (Å²) in [7, 11) is 0. The van der Waals surface area contributed by atoms with Crippen LogP contribution in [0.5, 0.6) is 0 Å². The quantitative estimate of drug-likeness (QED) is 0.191. The maximum atomic E-state index is 13.1. The van der Waals surface area contributed by atoms with E-state index in [-0.39, 0.29) is 28.4 Å². The predicted octanol–water partition coefficient (Wildman–Crippen LogP) is 9.46. The number of hydrogen-bond acceptors (Lipinski definition) is 3. The van der Waals surface area contributed by atoms with Crippen molar-refractivity contribution >= 4 is 17.9 Å². The predicted molar refractivity (Wildman–Crippen MR) is 133 cm³/mol. The summed E-state index contributed by atoms with van der Waals surface area (Å²) in [5.41, 5.74) is -0.103. The third-order valence-electron chi connectivity index (χ3n) is 6.31. The van der Waals surface area contributed by atoms with Gasteiger partial charge in [-0.15, -0.1) is 0 Å². The number of carbonyl (C=O) groups excluding carboxylic acids is 1. The molecule has 200 valence electrons. The summed E-state index contributed by atoms with van der Waals surface area (Å²) in [5, 5.41) is 0. The molecule has 0 amide bonds. The van der Waals surface area contributed by atoms with Gasteiger partial charge in [0.05, 0.1) is 11.1 Å². The number of allylic oxidation sites excluding steroid dienone is 2. The Labute approximate surface area is 219 Å². The molecule has 1 aliphatic carbocycles. The van der Waals surface area contributed by atoms with E-state index in [0.717, 1.165) is 24.3 Å². The standard InChI is InChI=1S/C30H20F6O3/c31-29(32,33)22-8-2-4-18(14-22)26-12-10-24(38-26)16-20-6-1-7-21(28(20)37)17-25-11-13-27(39-25)19-5-3-9-23(15-19)30(34,35)36/h2-5,8-17H,1,6-7H2/b20-16+,21-17+. The summed E-state index contributed by atoms with van der Waals surface area (Å²) < 4.78 is 89.7. The lowest BCUT2D eigenvalue weighted by Gasteiger charge is -2.15. The van der Waals surface area contributed by atoms with Crippen LogP contribution in [0.25, 0.3) is 34.8 Å². The van der Waals surface area contributed by atoms with E-state index in [1.165, 1.54) is 24.3 Å². The molecule has 2 aromatic carbocycles. The van der Waals surface area contributed by atoms with E-state index in [0.29, 0.717) is 41.9 Å². The van der Waals surface area contributed by atoms with Crippen LogP contribution in [0.15, 0.2) is 92.8 Å². The highest BCUT2D eigenvalue weighted by molar-refractivity contribution is 6.13. The highest BCUT2D eigenvalue weighted by atomic mass is 19.4. The number of furan rings is 2. The number of ketones is 1. The molecule has 4 aromatic rings. The van der Waals surface area contributed by atoms with E-state index in [9.17, 15) is 31.1 Å². The van der Waals surface area contributed by atoms with Crippen molar-refractivity contribution < 1.29 is 40.0 Å². The molecule has 9 heteroatoms. The molecule has 0 atom stereocenters. The second-order valence-corrected chi connectivity index (χ2v) is 9.08. The average Bonchev–Trinajstić information content (AvgIpc) is 3.56. The number of halogens is 6. The van der Waals surface area contributed by atoms with E-state index in [2.05, 4.69) is 0 Å². The van der Waals surface area contributed by atoms with Gasteiger partial charge in [0.1, 0.15) is 23.0 Å². The first kappa shape index (κ1) is 26.3. The Morgan fingerprint density at radius 2 is 1.05 bits per heavy atom. The molecular weight excluding hydrogens is 522 g/mol. The van der Waals surface area contributed by atoms with Crippen LogP contribution in [0, 0.1) is 0 Å². The van der Waals surface area contributed by atoms with Crippen molar-refractivity contribution in [3.05, 3.63) is 107 Å². The van der Waals surface area contributed by atoms with Crippen molar-refractivity contribution in [1.29, 1.82) is 0 Å². The molecule has 0 saturated heterocycles. The topological polar surface area (TPSA) is 43.4 Å². The zero-order valence-electron chi connectivity index (χ0n) is 20.2. The molecule has 1 saturated carbocycles. The summed E-state index contributed by atoms with van der Waals surface area (Å²) >= 11 is 0. The Morgan fingerprint density at radius 3 is 1.46 bits per heavy atom. The number of Topliss-reactive ketones (excluding diaryl/α,β-unsaturated/α-hetero) is 1. The Morgan fingerprint density at radius 1 is 0.615 bits per heavy atom. The van der Waals surface area contributed by atoms with Crippen LogP contribution in [0.2, 0.25) is 0 Å². The third-order valence-corrected chi connectivity index (χ3v) is 6.31. The SMILES string of the molecule is O=C1/C(=C/c2ccc(-c3cccc(C(F)(F)F)c3)o2)CCC/C1=C\c1ccc(-c2cccc(C(F)(F)F)c2)o1. The smallest absolute Gasteiger partial charge is 0.416 e. The van der Waals surface area contributed by atoms with Crippen LogP contribution in [-0.2, 0) is 17.1 Å². The molecule has 39 heavy (non-hydrogen) atoms. The van der Waals surface area contributed by atoms with Gasteiger partial charge < -0.3 is 8.83 Å². The van der Waals surface area contributed by atoms with Crippen LogP contribution in [0.3, 0.4) is 0 Å². The Kier molecular flexibility index (Phi) is 6.84. The maximum absolute atomic E-state index is 13.1. The second-order valence-electron chi connectivity index (χ2n) is 9.08. The van der Waals surface area contributed by atoms with Crippen molar-refractivity contribution in [2.45, 2.75) is 31.6 Å². The Bertz CT molecular complexity index is 1460. The summed E-state index contributed by atoms with van der Waals surface area (Å²) in [6, 6.07) is 15.8. The van der Waals surface area contributed by atoms with Gasteiger partial charge in [0.2, 0.25) is 0 Å².